The predicted octanol–water partition coefficient (Wildman–Crippen LogP) is 5.66. The first-order valence-corrected chi connectivity index (χ1v) is 13.3. The molecule has 3 aromatic carbocycles. The summed E-state index contributed by atoms with van der Waals surface area (Å²) in [6.45, 7) is 2.82. The number of hydrogen-bond donors (Lipinski definition) is 0. The number of rotatable bonds is 8. The lowest BCUT2D eigenvalue weighted by Gasteiger charge is -2.35. The number of methoxy groups -OCH3 is 1. The Morgan fingerprint density at radius 2 is 1.75 bits per heavy atom. The van der Waals surface area contributed by atoms with Gasteiger partial charge in [-0.05, 0) is 55.5 Å². The number of aromatic nitrogens is 3. The van der Waals surface area contributed by atoms with Crippen molar-refractivity contribution in [2.45, 2.75) is 43.9 Å². The van der Waals surface area contributed by atoms with E-state index in [9.17, 15) is 4.79 Å². The van der Waals surface area contributed by atoms with Crippen molar-refractivity contribution in [1.82, 2.24) is 14.8 Å². The second-order valence-corrected chi connectivity index (χ2v) is 9.91. The van der Waals surface area contributed by atoms with Gasteiger partial charge in [0.1, 0.15) is 5.75 Å². The molecule has 1 aliphatic heterocycles. The van der Waals surface area contributed by atoms with Crippen molar-refractivity contribution < 1.29 is 9.53 Å². The summed E-state index contributed by atoms with van der Waals surface area (Å²) in [7, 11) is 1.66. The molecule has 0 saturated heterocycles. The van der Waals surface area contributed by atoms with Gasteiger partial charge in [-0.2, -0.15) is 0 Å². The third-order valence-corrected chi connectivity index (χ3v) is 7.60. The minimum absolute atomic E-state index is 0.0936. The highest BCUT2D eigenvalue weighted by Gasteiger charge is 2.28. The van der Waals surface area contributed by atoms with E-state index in [1.54, 1.807) is 7.11 Å². The Bertz CT molecular complexity index is 1340. The molecule has 1 atom stereocenters. The number of carbonyl (C=O) groups excluding carboxylic acids is 1. The average molecular weight is 499 g/mol. The molecule has 7 heteroatoms. The van der Waals surface area contributed by atoms with Crippen LogP contribution in [-0.2, 0) is 24.2 Å². The number of para-hydroxylation sites is 2. The molecule has 4 aromatic rings. The van der Waals surface area contributed by atoms with Gasteiger partial charge in [0.2, 0.25) is 5.91 Å². The average Bonchev–Trinajstić information content (AvgIpc) is 3.33. The monoisotopic (exact) mass is 498 g/mol. The number of anilines is 1. The topological polar surface area (TPSA) is 60.3 Å². The molecule has 0 saturated carbocycles. The van der Waals surface area contributed by atoms with Crippen LogP contribution < -0.4 is 9.64 Å². The molecule has 1 unspecified atom stereocenters. The van der Waals surface area contributed by atoms with Crippen molar-refractivity contribution in [1.29, 1.82) is 0 Å². The highest BCUT2D eigenvalue weighted by atomic mass is 32.2. The van der Waals surface area contributed by atoms with Gasteiger partial charge in [0.25, 0.3) is 0 Å². The summed E-state index contributed by atoms with van der Waals surface area (Å²) in [5, 5.41) is 9.78. The Morgan fingerprint density at radius 1 is 1.00 bits per heavy atom. The van der Waals surface area contributed by atoms with Crippen molar-refractivity contribution >= 4 is 23.4 Å². The molecular formula is C29H30N4O2S. The fourth-order valence-electron chi connectivity index (χ4n) is 4.78. The highest BCUT2D eigenvalue weighted by molar-refractivity contribution is 7.99. The fourth-order valence-corrected chi connectivity index (χ4v) is 5.60. The van der Waals surface area contributed by atoms with Crippen molar-refractivity contribution in [3.05, 3.63) is 90.0 Å². The number of aryl methyl sites for hydroxylation is 2. The summed E-state index contributed by atoms with van der Waals surface area (Å²) in [4.78, 5) is 15.4. The van der Waals surface area contributed by atoms with Crippen molar-refractivity contribution in [2.75, 3.05) is 17.8 Å². The van der Waals surface area contributed by atoms with Crippen LogP contribution in [0.25, 0.3) is 11.4 Å². The van der Waals surface area contributed by atoms with E-state index >= 15 is 0 Å². The van der Waals surface area contributed by atoms with Crippen molar-refractivity contribution in [2.24, 2.45) is 0 Å². The van der Waals surface area contributed by atoms with Gasteiger partial charge in [-0.15, -0.1) is 10.2 Å². The van der Waals surface area contributed by atoms with Gasteiger partial charge >= 0.3 is 0 Å². The molecule has 2 heterocycles. The SMILES string of the molecule is COc1ccccc1-c1nnc(SCC(=O)N2c3ccccc3CCC2C)n1CCc1ccccc1. The number of carbonyl (C=O) groups is 1. The molecule has 36 heavy (non-hydrogen) atoms. The molecule has 1 aliphatic rings. The Labute approximate surface area is 216 Å². The minimum Gasteiger partial charge on any atom is -0.496 e. The summed E-state index contributed by atoms with van der Waals surface area (Å²) in [6.07, 6.45) is 2.81. The molecule has 0 aliphatic carbocycles. The normalized spacial score (nSPS) is 14.9. The molecule has 0 bridgehead atoms. The van der Waals surface area contributed by atoms with Crippen LogP contribution in [0, 0.1) is 0 Å². The number of thioether (sulfide) groups is 1. The molecule has 0 spiro atoms. The van der Waals surface area contributed by atoms with Crippen LogP contribution in [0.3, 0.4) is 0 Å². The lowest BCUT2D eigenvalue weighted by Crippen LogP contribution is -2.43. The quantitative estimate of drug-likeness (QED) is 0.294. The molecule has 6 nitrogen and oxygen atoms in total. The zero-order valence-corrected chi connectivity index (χ0v) is 21.4. The predicted molar refractivity (Wildman–Crippen MR) is 145 cm³/mol. The maximum Gasteiger partial charge on any atom is 0.237 e. The number of ether oxygens (including phenoxy) is 1. The third kappa shape index (κ3) is 5.02. The van der Waals surface area contributed by atoms with Crippen molar-refractivity contribution in [3.63, 3.8) is 0 Å². The van der Waals surface area contributed by atoms with E-state index < -0.39 is 0 Å². The molecule has 0 fully saturated rings. The van der Waals surface area contributed by atoms with E-state index in [1.165, 1.54) is 22.9 Å². The van der Waals surface area contributed by atoms with Gasteiger partial charge in [-0.25, -0.2) is 0 Å². The lowest BCUT2D eigenvalue weighted by atomic mass is 9.97. The fraction of sp³-hybridized carbons (Fsp3) is 0.276. The number of nitrogens with zero attached hydrogens (tertiary/aromatic N) is 4. The van der Waals surface area contributed by atoms with Gasteiger partial charge in [0.15, 0.2) is 11.0 Å². The van der Waals surface area contributed by atoms with Crippen LogP contribution in [-0.4, -0.2) is 39.6 Å². The maximum atomic E-state index is 13.4. The molecule has 0 radical (unpaired) electrons. The van der Waals surface area contributed by atoms with E-state index in [0.29, 0.717) is 12.3 Å². The van der Waals surface area contributed by atoms with Crippen LogP contribution in [0.15, 0.2) is 84.0 Å². The summed E-state index contributed by atoms with van der Waals surface area (Å²) >= 11 is 1.45. The second kappa shape index (κ2) is 11.0. The lowest BCUT2D eigenvalue weighted by molar-refractivity contribution is -0.116. The number of benzene rings is 3. The first-order valence-electron chi connectivity index (χ1n) is 12.3. The van der Waals surface area contributed by atoms with E-state index in [-0.39, 0.29) is 11.9 Å². The van der Waals surface area contributed by atoms with Crippen LogP contribution in [0.1, 0.15) is 24.5 Å². The highest BCUT2D eigenvalue weighted by Crippen LogP contribution is 2.33. The van der Waals surface area contributed by atoms with E-state index in [1.807, 2.05) is 47.4 Å². The summed E-state index contributed by atoms with van der Waals surface area (Å²) < 4.78 is 7.71. The Kier molecular flexibility index (Phi) is 7.37. The zero-order chi connectivity index (χ0) is 24.9. The van der Waals surface area contributed by atoms with Crippen molar-refractivity contribution in [3.8, 4) is 17.1 Å². The number of fused-ring (bicyclic) bond motifs is 1. The first-order chi connectivity index (χ1) is 17.7. The standard InChI is InChI=1S/C29H30N4O2S/c1-21-16-17-23-12-6-8-14-25(23)33(21)27(34)20-36-29-31-30-28(24-13-7-9-15-26(24)35-2)32(29)19-18-22-10-4-3-5-11-22/h3-15,21H,16-20H2,1-2H3. The molecule has 0 N–H and O–H groups in total. The van der Waals surface area contributed by atoms with E-state index in [4.69, 9.17) is 4.74 Å². The molecule has 184 valence electrons. The minimum atomic E-state index is 0.0936. The Hall–Kier alpha value is -3.58. The van der Waals surface area contributed by atoms with Gasteiger partial charge in [0.05, 0.1) is 18.4 Å². The Balaban J connectivity index is 1.41. The maximum absolute atomic E-state index is 13.4. The van der Waals surface area contributed by atoms with Crippen LogP contribution >= 0.6 is 11.8 Å². The summed E-state index contributed by atoms with van der Waals surface area (Å²) in [6, 6.07) is 26.6. The third-order valence-electron chi connectivity index (χ3n) is 6.65. The molecule has 1 aromatic heterocycles. The van der Waals surface area contributed by atoms with Gasteiger partial charge in [-0.3, -0.25) is 4.79 Å². The van der Waals surface area contributed by atoms with Gasteiger partial charge < -0.3 is 14.2 Å². The summed E-state index contributed by atoms with van der Waals surface area (Å²) in [5.41, 5.74) is 4.39. The Morgan fingerprint density at radius 3 is 2.58 bits per heavy atom. The van der Waals surface area contributed by atoms with Crippen LogP contribution in [0.2, 0.25) is 0 Å². The largest absolute Gasteiger partial charge is 0.496 e. The first kappa shape index (κ1) is 24.1. The zero-order valence-electron chi connectivity index (χ0n) is 20.6. The smallest absolute Gasteiger partial charge is 0.237 e. The second-order valence-electron chi connectivity index (χ2n) is 8.96. The number of hydrogen-bond acceptors (Lipinski definition) is 5. The molecule has 5 rings (SSSR count). The van der Waals surface area contributed by atoms with E-state index in [0.717, 1.165) is 47.2 Å². The van der Waals surface area contributed by atoms with Gasteiger partial charge in [0, 0.05) is 18.3 Å². The molecular weight excluding hydrogens is 468 g/mol. The van der Waals surface area contributed by atoms with Crippen LogP contribution in [0.5, 0.6) is 5.75 Å². The van der Waals surface area contributed by atoms with E-state index in [2.05, 4.69) is 58.1 Å². The van der Waals surface area contributed by atoms with Gasteiger partial charge in [-0.1, -0.05) is 72.4 Å². The molecule has 1 amide bonds. The van der Waals surface area contributed by atoms with Crippen LogP contribution in [0.4, 0.5) is 5.69 Å². The summed E-state index contributed by atoms with van der Waals surface area (Å²) in [5.74, 6) is 1.89. The number of amides is 1.